The van der Waals surface area contributed by atoms with E-state index in [1.165, 1.54) is 12.0 Å². The van der Waals surface area contributed by atoms with Crippen LogP contribution in [0.25, 0.3) is 0 Å². The molecule has 0 aromatic heterocycles. The fraction of sp³-hybridized carbons (Fsp3) is 0.400. The van der Waals surface area contributed by atoms with Gasteiger partial charge in [-0.2, -0.15) is 0 Å². The van der Waals surface area contributed by atoms with Crippen molar-refractivity contribution in [3.8, 4) is 0 Å². The summed E-state index contributed by atoms with van der Waals surface area (Å²) in [4.78, 5) is 0.630. The molecule has 1 heteroatoms. The third-order valence-electron chi connectivity index (χ3n) is 1.74. The second-order valence-electron chi connectivity index (χ2n) is 2.70. The van der Waals surface area contributed by atoms with E-state index in [9.17, 15) is 0 Å². The topological polar surface area (TPSA) is 0 Å². The van der Waals surface area contributed by atoms with Crippen molar-refractivity contribution in [2.75, 3.05) is 0 Å². The van der Waals surface area contributed by atoms with Gasteiger partial charge in [0.15, 0.2) is 0 Å². The smallest absolute Gasteiger partial charge is 0.0183 e. The quantitative estimate of drug-likeness (QED) is 0.675. The van der Waals surface area contributed by atoms with Crippen molar-refractivity contribution in [1.82, 2.24) is 0 Å². The summed E-state index contributed by atoms with van der Waals surface area (Å²) in [5.74, 6) is 0. The molecule has 0 bridgehead atoms. The molecule has 0 aliphatic heterocycles. The highest BCUT2D eigenvalue weighted by Gasteiger charge is 2.00. The van der Waals surface area contributed by atoms with Crippen molar-refractivity contribution in [3.63, 3.8) is 0 Å². The molecule has 0 spiro atoms. The van der Waals surface area contributed by atoms with Crippen LogP contribution in [-0.4, -0.2) is 4.83 Å². The van der Waals surface area contributed by atoms with Gasteiger partial charge in [0.25, 0.3) is 0 Å². The van der Waals surface area contributed by atoms with E-state index >= 15 is 0 Å². The zero-order chi connectivity index (χ0) is 8.10. The Balaban J connectivity index is 2.51. The van der Waals surface area contributed by atoms with Gasteiger partial charge in [-0.25, -0.2) is 0 Å². The van der Waals surface area contributed by atoms with Gasteiger partial charge in [0.2, 0.25) is 0 Å². The van der Waals surface area contributed by atoms with Crippen LogP contribution in [0.4, 0.5) is 0 Å². The number of halogens is 1. The van der Waals surface area contributed by atoms with E-state index in [-0.39, 0.29) is 0 Å². The SMILES string of the molecule is CCC(Br)Cc1ccccc1. The van der Waals surface area contributed by atoms with Crippen LogP contribution in [0.5, 0.6) is 0 Å². The molecule has 0 radical (unpaired) electrons. The Labute approximate surface area is 76.8 Å². The molecule has 0 N–H and O–H groups in total. The van der Waals surface area contributed by atoms with Crippen molar-refractivity contribution in [3.05, 3.63) is 35.9 Å². The lowest BCUT2D eigenvalue weighted by Gasteiger charge is -2.05. The van der Waals surface area contributed by atoms with E-state index in [2.05, 4.69) is 53.2 Å². The molecule has 0 fully saturated rings. The molecular formula is C10H13Br. The Morgan fingerprint density at radius 2 is 1.91 bits per heavy atom. The normalized spacial score (nSPS) is 12.9. The Bertz CT molecular complexity index is 193. The molecule has 0 aliphatic rings. The van der Waals surface area contributed by atoms with Crippen LogP contribution < -0.4 is 0 Å². The van der Waals surface area contributed by atoms with Crippen molar-refractivity contribution in [1.29, 1.82) is 0 Å². The van der Waals surface area contributed by atoms with Crippen LogP contribution in [-0.2, 0) is 6.42 Å². The summed E-state index contributed by atoms with van der Waals surface area (Å²) >= 11 is 3.61. The maximum Gasteiger partial charge on any atom is 0.0183 e. The van der Waals surface area contributed by atoms with Crippen molar-refractivity contribution in [2.24, 2.45) is 0 Å². The monoisotopic (exact) mass is 212 g/mol. The molecule has 0 saturated heterocycles. The molecule has 0 nitrogen and oxygen atoms in total. The molecule has 0 saturated carbocycles. The van der Waals surface area contributed by atoms with E-state index in [4.69, 9.17) is 0 Å². The molecule has 1 rings (SSSR count). The summed E-state index contributed by atoms with van der Waals surface area (Å²) in [5.41, 5.74) is 1.41. The average Bonchev–Trinajstić information content (AvgIpc) is 2.06. The Morgan fingerprint density at radius 3 is 2.45 bits per heavy atom. The van der Waals surface area contributed by atoms with Crippen molar-refractivity contribution >= 4 is 15.9 Å². The van der Waals surface area contributed by atoms with E-state index in [0.29, 0.717) is 4.83 Å². The summed E-state index contributed by atoms with van der Waals surface area (Å²) in [6, 6.07) is 10.6. The summed E-state index contributed by atoms with van der Waals surface area (Å²) in [5, 5.41) is 0. The highest BCUT2D eigenvalue weighted by Crippen LogP contribution is 2.12. The number of hydrogen-bond acceptors (Lipinski definition) is 0. The Morgan fingerprint density at radius 1 is 1.27 bits per heavy atom. The molecule has 1 aromatic rings. The summed E-state index contributed by atoms with van der Waals surface area (Å²) in [6.45, 7) is 2.20. The first-order valence-corrected chi connectivity index (χ1v) is 4.92. The highest BCUT2D eigenvalue weighted by atomic mass is 79.9. The van der Waals surface area contributed by atoms with E-state index in [1.807, 2.05) is 0 Å². The van der Waals surface area contributed by atoms with Gasteiger partial charge in [-0.3, -0.25) is 0 Å². The molecule has 1 unspecified atom stereocenters. The molecule has 1 aromatic carbocycles. The van der Waals surface area contributed by atoms with Gasteiger partial charge in [0.05, 0.1) is 0 Å². The lowest BCUT2D eigenvalue weighted by atomic mass is 10.1. The lowest BCUT2D eigenvalue weighted by Crippen LogP contribution is -1.99. The van der Waals surface area contributed by atoms with Crippen LogP contribution in [0.1, 0.15) is 18.9 Å². The zero-order valence-corrected chi connectivity index (χ0v) is 8.34. The summed E-state index contributed by atoms with van der Waals surface area (Å²) in [6.07, 6.45) is 2.33. The van der Waals surface area contributed by atoms with Gasteiger partial charge in [-0.05, 0) is 18.4 Å². The third kappa shape index (κ3) is 3.06. The van der Waals surface area contributed by atoms with Gasteiger partial charge in [-0.1, -0.05) is 53.2 Å². The molecular weight excluding hydrogens is 200 g/mol. The summed E-state index contributed by atoms with van der Waals surface area (Å²) < 4.78 is 0. The lowest BCUT2D eigenvalue weighted by molar-refractivity contribution is 0.830. The molecule has 1 atom stereocenters. The zero-order valence-electron chi connectivity index (χ0n) is 6.76. The predicted octanol–water partition coefficient (Wildman–Crippen LogP) is 3.40. The Kier molecular flexibility index (Phi) is 3.64. The van der Waals surface area contributed by atoms with E-state index in [1.54, 1.807) is 0 Å². The highest BCUT2D eigenvalue weighted by molar-refractivity contribution is 9.09. The second kappa shape index (κ2) is 4.55. The first-order chi connectivity index (χ1) is 5.33. The minimum Gasteiger partial charge on any atom is -0.0887 e. The third-order valence-corrected chi connectivity index (χ3v) is 2.71. The molecule has 0 aliphatic carbocycles. The number of alkyl halides is 1. The molecule has 0 amide bonds. The first kappa shape index (κ1) is 8.79. The number of hydrogen-bond donors (Lipinski definition) is 0. The Hall–Kier alpha value is -0.300. The van der Waals surface area contributed by atoms with Gasteiger partial charge in [0.1, 0.15) is 0 Å². The standard InChI is InChI=1S/C10H13Br/c1-2-10(11)8-9-6-4-3-5-7-9/h3-7,10H,2,8H2,1H3. The number of rotatable bonds is 3. The summed E-state index contributed by atoms with van der Waals surface area (Å²) in [7, 11) is 0. The van der Waals surface area contributed by atoms with Gasteiger partial charge in [0, 0.05) is 4.83 Å². The van der Waals surface area contributed by atoms with Gasteiger partial charge >= 0.3 is 0 Å². The fourth-order valence-electron chi connectivity index (χ4n) is 1.01. The van der Waals surface area contributed by atoms with Crippen molar-refractivity contribution < 1.29 is 0 Å². The predicted molar refractivity (Wildman–Crippen MR) is 53.2 cm³/mol. The largest absolute Gasteiger partial charge is 0.0887 e. The first-order valence-electron chi connectivity index (χ1n) is 4.01. The maximum atomic E-state index is 3.61. The van der Waals surface area contributed by atoms with Crippen LogP contribution in [0.3, 0.4) is 0 Å². The van der Waals surface area contributed by atoms with Crippen LogP contribution >= 0.6 is 15.9 Å². The van der Waals surface area contributed by atoms with Crippen molar-refractivity contribution in [2.45, 2.75) is 24.6 Å². The second-order valence-corrected chi connectivity index (χ2v) is 3.99. The minimum absolute atomic E-state index is 0.630. The number of benzene rings is 1. The van der Waals surface area contributed by atoms with Crippen LogP contribution in [0.2, 0.25) is 0 Å². The fourth-order valence-corrected chi connectivity index (χ4v) is 1.39. The van der Waals surface area contributed by atoms with Gasteiger partial charge in [-0.15, -0.1) is 0 Å². The van der Waals surface area contributed by atoms with Gasteiger partial charge < -0.3 is 0 Å². The minimum atomic E-state index is 0.630. The van der Waals surface area contributed by atoms with Crippen LogP contribution in [0, 0.1) is 0 Å². The van der Waals surface area contributed by atoms with E-state index in [0.717, 1.165) is 6.42 Å². The molecule has 60 valence electrons. The van der Waals surface area contributed by atoms with E-state index < -0.39 is 0 Å². The molecule has 11 heavy (non-hydrogen) atoms. The molecule has 0 heterocycles. The van der Waals surface area contributed by atoms with Crippen LogP contribution in [0.15, 0.2) is 30.3 Å². The average molecular weight is 213 g/mol. The maximum absolute atomic E-state index is 3.61.